The number of ether oxygens (including phenoxy) is 2. The summed E-state index contributed by atoms with van der Waals surface area (Å²) in [6.07, 6.45) is 0.158. The Morgan fingerprint density at radius 1 is 1.27 bits per heavy atom. The summed E-state index contributed by atoms with van der Waals surface area (Å²) in [6.45, 7) is 12.1. The summed E-state index contributed by atoms with van der Waals surface area (Å²) in [4.78, 5) is 4.68. The van der Waals surface area contributed by atoms with E-state index < -0.39 is 0 Å². The minimum absolute atomic E-state index is 0.0195. The van der Waals surface area contributed by atoms with Crippen LogP contribution >= 0.6 is 11.3 Å². The molecule has 0 saturated carbocycles. The monoisotopic (exact) mass is 322 g/mol. The molecule has 0 amide bonds. The highest BCUT2D eigenvalue weighted by atomic mass is 32.1. The largest absolute Gasteiger partial charge is 0.491 e. The van der Waals surface area contributed by atoms with Crippen LogP contribution < -0.4 is 10.1 Å². The summed E-state index contributed by atoms with van der Waals surface area (Å²) < 4.78 is 12.2. The number of anilines is 1. The number of aromatic nitrogens is 1. The first-order chi connectivity index (χ1) is 10.3. The Hall–Kier alpha value is -1.33. The summed E-state index contributed by atoms with van der Waals surface area (Å²) in [7, 11) is 1.70. The fourth-order valence-corrected chi connectivity index (χ4v) is 3.13. The molecule has 0 atom stereocenters. The third-order valence-electron chi connectivity index (χ3n) is 3.24. The molecule has 4 nitrogen and oxygen atoms in total. The second kappa shape index (κ2) is 6.84. The van der Waals surface area contributed by atoms with Gasteiger partial charge in [0, 0.05) is 19.2 Å². The minimum Gasteiger partial charge on any atom is -0.491 e. The number of nitrogens with zero attached hydrogens (tertiary/aromatic N) is 1. The van der Waals surface area contributed by atoms with Crippen molar-refractivity contribution in [3.8, 4) is 5.75 Å². The van der Waals surface area contributed by atoms with Crippen LogP contribution in [0.5, 0.6) is 5.75 Å². The highest BCUT2D eigenvalue weighted by Gasteiger charge is 2.21. The van der Waals surface area contributed by atoms with E-state index in [0.29, 0.717) is 6.61 Å². The average molecular weight is 322 g/mol. The number of fused-ring (bicyclic) bond motifs is 1. The van der Waals surface area contributed by atoms with Gasteiger partial charge in [-0.3, -0.25) is 0 Å². The van der Waals surface area contributed by atoms with Crippen molar-refractivity contribution < 1.29 is 9.47 Å². The topological polar surface area (TPSA) is 43.4 Å². The van der Waals surface area contributed by atoms with Crippen LogP contribution in [0.1, 0.15) is 40.2 Å². The number of thiazole rings is 1. The number of hydrogen-bond acceptors (Lipinski definition) is 5. The molecule has 0 saturated heterocycles. The molecule has 5 heteroatoms. The molecule has 1 aromatic carbocycles. The van der Waals surface area contributed by atoms with Crippen molar-refractivity contribution in [3.05, 3.63) is 17.7 Å². The van der Waals surface area contributed by atoms with E-state index in [2.05, 4.69) is 57.1 Å². The summed E-state index contributed by atoms with van der Waals surface area (Å²) in [5.41, 5.74) is 2.24. The van der Waals surface area contributed by atoms with Crippen molar-refractivity contribution in [1.82, 2.24) is 4.98 Å². The lowest BCUT2D eigenvalue weighted by molar-refractivity contribution is 0.211. The lowest BCUT2D eigenvalue weighted by atomic mass is 9.86. The minimum atomic E-state index is 0.0195. The molecular weight excluding hydrogens is 296 g/mol. The Morgan fingerprint density at radius 2 is 2.00 bits per heavy atom. The molecule has 2 aromatic rings. The maximum Gasteiger partial charge on any atom is 0.183 e. The van der Waals surface area contributed by atoms with E-state index in [1.54, 1.807) is 18.4 Å². The van der Waals surface area contributed by atoms with Gasteiger partial charge in [-0.2, -0.15) is 0 Å². The van der Waals surface area contributed by atoms with Gasteiger partial charge in [-0.05, 0) is 31.4 Å². The van der Waals surface area contributed by atoms with Gasteiger partial charge in [0.05, 0.1) is 22.9 Å². The summed E-state index contributed by atoms with van der Waals surface area (Å²) in [6, 6.07) is 4.28. The highest BCUT2D eigenvalue weighted by molar-refractivity contribution is 7.22. The molecule has 0 aliphatic heterocycles. The molecule has 0 aliphatic rings. The molecular formula is C17H26N2O2S. The Balaban J connectivity index is 2.39. The third-order valence-corrected chi connectivity index (χ3v) is 4.22. The number of hydrogen-bond donors (Lipinski definition) is 1. The van der Waals surface area contributed by atoms with Crippen LogP contribution in [0.4, 0.5) is 5.13 Å². The number of benzene rings is 1. The van der Waals surface area contributed by atoms with Gasteiger partial charge < -0.3 is 14.8 Å². The van der Waals surface area contributed by atoms with Crippen LogP contribution in [0.25, 0.3) is 10.2 Å². The molecule has 1 aromatic heterocycles. The van der Waals surface area contributed by atoms with Gasteiger partial charge in [0.25, 0.3) is 0 Å². The molecule has 122 valence electrons. The van der Waals surface area contributed by atoms with Crippen LogP contribution in [0.2, 0.25) is 0 Å². The summed E-state index contributed by atoms with van der Waals surface area (Å²) in [5.74, 6) is 0.960. The van der Waals surface area contributed by atoms with E-state index in [9.17, 15) is 0 Å². The lowest BCUT2D eigenvalue weighted by Gasteiger charge is -2.24. The molecule has 22 heavy (non-hydrogen) atoms. The number of methoxy groups -OCH3 is 1. The summed E-state index contributed by atoms with van der Waals surface area (Å²) in [5, 5.41) is 4.22. The van der Waals surface area contributed by atoms with Gasteiger partial charge in [0.2, 0.25) is 0 Å². The predicted octanol–water partition coefficient (Wildman–Crippen LogP) is 4.44. The second-order valence-corrected chi connectivity index (χ2v) is 7.70. The molecule has 0 bridgehead atoms. The van der Waals surface area contributed by atoms with E-state index >= 15 is 0 Å². The van der Waals surface area contributed by atoms with E-state index in [0.717, 1.165) is 27.6 Å². The Bertz CT molecular complexity index is 629. The zero-order valence-corrected chi connectivity index (χ0v) is 15.1. The SMILES string of the molecule is COCCNc1nc2cc(C(C)(C)C)c(OC(C)C)cc2s1. The molecule has 1 N–H and O–H groups in total. The van der Waals surface area contributed by atoms with Gasteiger partial charge >= 0.3 is 0 Å². The lowest BCUT2D eigenvalue weighted by Crippen LogP contribution is -2.16. The fourth-order valence-electron chi connectivity index (χ4n) is 2.23. The molecule has 0 aliphatic carbocycles. The van der Waals surface area contributed by atoms with Crippen LogP contribution in [0.3, 0.4) is 0 Å². The first kappa shape index (κ1) is 17.0. The fraction of sp³-hybridized carbons (Fsp3) is 0.588. The van der Waals surface area contributed by atoms with Gasteiger partial charge in [-0.1, -0.05) is 32.1 Å². The van der Waals surface area contributed by atoms with E-state index in [1.807, 2.05) is 0 Å². The Kier molecular flexibility index (Phi) is 5.29. The van der Waals surface area contributed by atoms with Gasteiger partial charge in [-0.15, -0.1) is 0 Å². The molecule has 0 unspecified atom stereocenters. The van der Waals surface area contributed by atoms with E-state index in [-0.39, 0.29) is 11.5 Å². The number of rotatable bonds is 6. The van der Waals surface area contributed by atoms with Crippen LogP contribution in [-0.4, -0.2) is 31.3 Å². The van der Waals surface area contributed by atoms with Crippen LogP contribution in [-0.2, 0) is 10.2 Å². The molecule has 1 heterocycles. The van der Waals surface area contributed by atoms with Crippen molar-refractivity contribution in [1.29, 1.82) is 0 Å². The predicted molar refractivity (Wildman–Crippen MR) is 94.4 cm³/mol. The van der Waals surface area contributed by atoms with E-state index in [1.165, 1.54) is 5.56 Å². The van der Waals surface area contributed by atoms with E-state index in [4.69, 9.17) is 9.47 Å². The number of nitrogens with one attached hydrogen (secondary N) is 1. The van der Waals surface area contributed by atoms with Crippen molar-refractivity contribution in [3.63, 3.8) is 0 Å². The maximum atomic E-state index is 6.03. The molecule has 0 spiro atoms. The van der Waals surface area contributed by atoms with Gasteiger partial charge in [-0.25, -0.2) is 4.98 Å². The zero-order valence-electron chi connectivity index (χ0n) is 14.3. The van der Waals surface area contributed by atoms with Crippen molar-refractivity contribution in [2.45, 2.75) is 46.1 Å². The molecule has 0 radical (unpaired) electrons. The quantitative estimate of drug-likeness (QED) is 0.799. The first-order valence-electron chi connectivity index (χ1n) is 7.66. The van der Waals surface area contributed by atoms with Crippen molar-refractivity contribution in [2.24, 2.45) is 0 Å². The second-order valence-electron chi connectivity index (χ2n) is 6.67. The van der Waals surface area contributed by atoms with Crippen molar-refractivity contribution in [2.75, 3.05) is 25.6 Å². The Morgan fingerprint density at radius 3 is 2.59 bits per heavy atom. The van der Waals surface area contributed by atoms with Gasteiger partial charge in [0.1, 0.15) is 5.75 Å². The van der Waals surface area contributed by atoms with Crippen molar-refractivity contribution >= 4 is 26.7 Å². The molecule has 2 rings (SSSR count). The normalized spacial score (nSPS) is 12.1. The summed E-state index contributed by atoms with van der Waals surface area (Å²) >= 11 is 1.65. The first-order valence-corrected chi connectivity index (χ1v) is 8.47. The van der Waals surface area contributed by atoms with Crippen LogP contribution in [0.15, 0.2) is 12.1 Å². The average Bonchev–Trinajstić information content (AvgIpc) is 2.78. The zero-order chi connectivity index (χ0) is 16.3. The smallest absolute Gasteiger partial charge is 0.183 e. The van der Waals surface area contributed by atoms with Gasteiger partial charge in [0.15, 0.2) is 5.13 Å². The highest BCUT2D eigenvalue weighted by Crippen LogP contribution is 2.38. The standard InChI is InChI=1S/C17H26N2O2S/c1-11(2)21-14-10-15-13(9-12(14)17(3,4)5)19-16(22-15)18-7-8-20-6/h9-11H,7-8H2,1-6H3,(H,18,19). The Labute approximate surface area is 136 Å². The van der Waals surface area contributed by atoms with Crippen LogP contribution in [0, 0.1) is 0 Å². The third kappa shape index (κ3) is 4.11. The maximum absolute atomic E-state index is 6.03. The molecule has 0 fully saturated rings.